The summed E-state index contributed by atoms with van der Waals surface area (Å²) in [6.07, 6.45) is 48.1. The maximum Gasteiger partial charge on any atom is 0.472 e. The van der Waals surface area contributed by atoms with Crippen LogP contribution in [0, 0.1) is 0 Å². The number of esters is 1. The van der Waals surface area contributed by atoms with Crippen molar-refractivity contribution < 1.29 is 42.7 Å². The van der Waals surface area contributed by atoms with Crippen LogP contribution in [0.1, 0.15) is 155 Å². The molecule has 0 aromatic carbocycles. The van der Waals surface area contributed by atoms with Crippen molar-refractivity contribution in [2.45, 2.75) is 167 Å². The lowest BCUT2D eigenvalue weighted by atomic mass is 10.1. The minimum Gasteiger partial charge on any atom is -0.480 e. The summed E-state index contributed by atoms with van der Waals surface area (Å²) in [5.41, 5.74) is 5.34. The average Bonchev–Trinajstić information content (AvgIpc) is 3.16. The Hall–Kier alpha value is -2.59. The molecule has 3 atom stereocenters. The normalized spacial score (nSPS) is 14.7. The van der Waals surface area contributed by atoms with Gasteiger partial charge in [0.15, 0.2) is 0 Å². The van der Waals surface area contributed by atoms with E-state index in [1.165, 1.54) is 44.9 Å². The van der Waals surface area contributed by atoms with Gasteiger partial charge in [-0.1, -0.05) is 157 Å². The molecule has 0 aromatic heterocycles. The monoisotopic (exact) mass is 794 g/mol. The molecule has 0 saturated heterocycles. The van der Waals surface area contributed by atoms with E-state index >= 15 is 0 Å². The van der Waals surface area contributed by atoms with Crippen LogP contribution in [0.2, 0.25) is 0 Å². The number of carboxylic acid groups (broad SMARTS) is 1. The van der Waals surface area contributed by atoms with Crippen LogP contribution in [0.3, 0.4) is 0 Å². The molecule has 0 saturated carbocycles. The van der Waals surface area contributed by atoms with E-state index in [4.69, 9.17) is 29.4 Å². The third kappa shape index (κ3) is 39.4. The first kappa shape index (κ1) is 52.4. The molecule has 0 aliphatic rings. The first-order valence-corrected chi connectivity index (χ1v) is 22.5. The molecule has 0 spiro atoms. The van der Waals surface area contributed by atoms with Crippen molar-refractivity contribution in [2.24, 2.45) is 5.73 Å². The number of carboxylic acids is 1. The summed E-state index contributed by atoms with van der Waals surface area (Å²) >= 11 is 0. The molecular formula is C44H76NO9P. The molecule has 0 bridgehead atoms. The van der Waals surface area contributed by atoms with Crippen molar-refractivity contribution in [1.29, 1.82) is 0 Å². The van der Waals surface area contributed by atoms with Crippen LogP contribution < -0.4 is 5.73 Å². The Labute approximate surface area is 334 Å². The molecule has 316 valence electrons. The Balaban J connectivity index is 4.27. The Morgan fingerprint density at radius 3 is 1.58 bits per heavy atom. The van der Waals surface area contributed by atoms with E-state index in [0.717, 1.165) is 83.5 Å². The summed E-state index contributed by atoms with van der Waals surface area (Å²) < 4.78 is 33.2. The van der Waals surface area contributed by atoms with Crippen molar-refractivity contribution >= 4 is 19.8 Å². The van der Waals surface area contributed by atoms with Crippen LogP contribution in [-0.2, 0) is 32.7 Å². The van der Waals surface area contributed by atoms with E-state index in [1.54, 1.807) is 0 Å². The minimum atomic E-state index is -4.62. The molecule has 0 heterocycles. The topological polar surface area (TPSA) is 155 Å². The molecule has 0 amide bonds. The summed E-state index contributed by atoms with van der Waals surface area (Å²) in [7, 11) is -4.62. The van der Waals surface area contributed by atoms with Crippen LogP contribution in [0.5, 0.6) is 0 Å². The second-order valence-electron chi connectivity index (χ2n) is 13.7. The lowest BCUT2D eigenvalue weighted by molar-refractivity contribution is -0.154. The van der Waals surface area contributed by atoms with Crippen LogP contribution in [0.25, 0.3) is 0 Å². The summed E-state index contributed by atoms with van der Waals surface area (Å²) in [6, 6.07) is -1.48. The molecule has 4 N–H and O–H groups in total. The number of aliphatic carboxylic acids is 1. The molecular weight excluding hydrogens is 717 g/mol. The third-order valence-electron chi connectivity index (χ3n) is 8.50. The van der Waals surface area contributed by atoms with Crippen molar-refractivity contribution in [1.82, 2.24) is 0 Å². The fraction of sp³-hybridized carbons (Fsp3) is 0.682. The average molecular weight is 794 g/mol. The lowest BCUT2D eigenvalue weighted by Crippen LogP contribution is -2.34. The largest absolute Gasteiger partial charge is 0.480 e. The van der Waals surface area contributed by atoms with E-state index in [-0.39, 0.29) is 13.0 Å². The van der Waals surface area contributed by atoms with E-state index in [9.17, 15) is 19.0 Å². The SMILES string of the molecule is CC/C=C\C/C=C\C/C=C\C/C=C\C/C=C\C/C=C\CCCCCCC(=O)OC(COCCCCCCCCCCCC)COP(=O)(O)OCC(N)C(=O)O. The predicted octanol–water partition coefficient (Wildman–Crippen LogP) is 11.4. The zero-order valence-electron chi connectivity index (χ0n) is 34.2. The first-order valence-electron chi connectivity index (χ1n) is 21.0. The number of carbonyl (C=O) groups excluding carboxylic acids is 1. The number of allylic oxidation sites excluding steroid dienone is 12. The number of phosphoric acid groups is 1. The van der Waals surface area contributed by atoms with Crippen LogP contribution >= 0.6 is 7.82 Å². The van der Waals surface area contributed by atoms with Gasteiger partial charge in [0.2, 0.25) is 0 Å². The second-order valence-corrected chi connectivity index (χ2v) is 15.2. The molecule has 11 heteroatoms. The molecule has 55 heavy (non-hydrogen) atoms. The second kappa shape index (κ2) is 39.6. The van der Waals surface area contributed by atoms with Gasteiger partial charge in [-0.3, -0.25) is 18.6 Å². The standard InChI is InChI=1S/C44H76NO9P/c1-3-5-7-9-11-13-15-16-17-18-19-20-21-22-23-24-25-26-27-28-30-32-34-36-43(46)54-41(39-52-55(49,50)53-40-42(45)44(47)48)38-51-37-35-33-31-29-14-12-10-8-6-4-2/h5,7,11,13,16-17,19-20,22-23,25-26,41-42H,3-4,6,8-10,12,14-15,18,21,24,27-40,45H2,1-2H3,(H,47,48)(H,49,50)/b7-5-,13-11-,17-16-,20-19-,23-22-,26-25-. The molecule has 0 aliphatic carbocycles. The van der Waals surface area contributed by atoms with Crippen molar-refractivity contribution in [3.05, 3.63) is 72.9 Å². The lowest BCUT2D eigenvalue weighted by Gasteiger charge is -2.20. The van der Waals surface area contributed by atoms with Gasteiger partial charge in [0.05, 0.1) is 19.8 Å². The number of hydrogen-bond donors (Lipinski definition) is 3. The fourth-order valence-corrected chi connectivity index (χ4v) is 6.03. The Kier molecular flexibility index (Phi) is 37.8. The van der Waals surface area contributed by atoms with Gasteiger partial charge >= 0.3 is 19.8 Å². The number of carbonyl (C=O) groups is 2. The Bertz CT molecular complexity index is 1150. The first-order chi connectivity index (χ1) is 26.7. The number of unbranched alkanes of at least 4 members (excludes halogenated alkanes) is 13. The van der Waals surface area contributed by atoms with E-state index in [1.807, 2.05) is 0 Å². The highest BCUT2D eigenvalue weighted by molar-refractivity contribution is 7.47. The van der Waals surface area contributed by atoms with Crippen molar-refractivity contribution in [3.8, 4) is 0 Å². The van der Waals surface area contributed by atoms with Crippen molar-refractivity contribution in [2.75, 3.05) is 26.4 Å². The quantitative estimate of drug-likeness (QED) is 0.0237. The zero-order chi connectivity index (χ0) is 40.5. The maximum absolute atomic E-state index is 12.6. The number of phosphoric ester groups is 1. The zero-order valence-corrected chi connectivity index (χ0v) is 35.1. The Morgan fingerprint density at radius 1 is 0.600 bits per heavy atom. The number of rotatable bonds is 39. The van der Waals surface area contributed by atoms with Crippen molar-refractivity contribution in [3.63, 3.8) is 0 Å². The molecule has 0 aromatic rings. The van der Waals surface area contributed by atoms with Gasteiger partial charge in [-0.2, -0.15) is 0 Å². The molecule has 0 rings (SSSR count). The fourth-order valence-electron chi connectivity index (χ4n) is 5.25. The third-order valence-corrected chi connectivity index (χ3v) is 9.45. The summed E-state index contributed by atoms with van der Waals surface area (Å²) in [4.78, 5) is 33.4. The summed E-state index contributed by atoms with van der Waals surface area (Å²) in [5, 5.41) is 8.88. The highest BCUT2D eigenvalue weighted by atomic mass is 31.2. The van der Waals surface area contributed by atoms with Gasteiger partial charge < -0.3 is 25.2 Å². The molecule has 0 fully saturated rings. The summed E-state index contributed by atoms with van der Waals surface area (Å²) in [6.45, 7) is 3.70. The smallest absolute Gasteiger partial charge is 0.472 e. The van der Waals surface area contributed by atoms with Gasteiger partial charge in [0, 0.05) is 13.0 Å². The van der Waals surface area contributed by atoms with Gasteiger partial charge in [0.25, 0.3) is 0 Å². The van der Waals surface area contributed by atoms with E-state index < -0.39 is 45.1 Å². The molecule has 0 aliphatic heterocycles. The number of hydrogen-bond acceptors (Lipinski definition) is 8. The Morgan fingerprint density at radius 2 is 1.05 bits per heavy atom. The molecule has 10 nitrogen and oxygen atoms in total. The molecule has 0 radical (unpaired) electrons. The van der Waals surface area contributed by atoms with Gasteiger partial charge in [-0.15, -0.1) is 0 Å². The highest BCUT2D eigenvalue weighted by Gasteiger charge is 2.27. The van der Waals surface area contributed by atoms with E-state index in [0.29, 0.717) is 13.0 Å². The number of nitrogens with two attached hydrogens (primary N) is 1. The van der Waals surface area contributed by atoms with Gasteiger partial charge in [0.1, 0.15) is 12.1 Å². The van der Waals surface area contributed by atoms with E-state index in [2.05, 4.69) is 86.8 Å². The minimum absolute atomic E-state index is 0.00374. The highest BCUT2D eigenvalue weighted by Crippen LogP contribution is 2.43. The predicted molar refractivity (Wildman–Crippen MR) is 226 cm³/mol. The summed E-state index contributed by atoms with van der Waals surface area (Å²) in [5.74, 6) is -1.81. The number of ether oxygens (including phenoxy) is 2. The van der Waals surface area contributed by atoms with Gasteiger partial charge in [-0.25, -0.2) is 4.57 Å². The van der Waals surface area contributed by atoms with Crippen LogP contribution in [-0.4, -0.2) is 60.5 Å². The molecule has 3 unspecified atom stereocenters. The van der Waals surface area contributed by atoms with Gasteiger partial charge in [-0.05, 0) is 64.2 Å². The maximum atomic E-state index is 12.6. The van der Waals surface area contributed by atoms with Crippen LogP contribution in [0.15, 0.2) is 72.9 Å². The van der Waals surface area contributed by atoms with Crippen LogP contribution in [0.4, 0.5) is 0 Å².